The first-order valence-electron chi connectivity index (χ1n) is 5.40. The van der Waals surface area contributed by atoms with E-state index in [-0.39, 0.29) is 11.5 Å². The van der Waals surface area contributed by atoms with Crippen LogP contribution in [0.15, 0.2) is 16.6 Å². The monoisotopic (exact) mass is 318 g/mol. The summed E-state index contributed by atoms with van der Waals surface area (Å²) in [7, 11) is -2.84. The number of halogens is 1. The van der Waals surface area contributed by atoms with Crippen LogP contribution in [-0.2, 0) is 9.84 Å². The van der Waals surface area contributed by atoms with Crippen LogP contribution in [0.2, 0.25) is 0 Å². The van der Waals surface area contributed by atoms with E-state index >= 15 is 0 Å². The van der Waals surface area contributed by atoms with Gasteiger partial charge in [-0.15, -0.1) is 0 Å². The molecule has 6 heteroatoms. The predicted molar refractivity (Wildman–Crippen MR) is 74.2 cm³/mol. The second-order valence-corrected chi connectivity index (χ2v) is 7.46. The zero-order valence-electron chi connectivity index (χ0n) is 9.61. The molecule has 94 valence electrons. The van der Waals surface area contributed by atoms with Gasteiger partial charge in [-0.2, -0.15) is 0 Å². The summed E-state index contributed by atoms with van der Waals surface area (Å²) in [6, 6.07) is 3.87. The SMILES string of the molecule is Cc1cc(N2CCS(=O)(=O)CC2)c(Br)cc1N. The molecule has 1 fully saturated rings. The fourth-order valence-electron chi connectivity index (χ4n) is 1.88. The van der Waals surface area contributed by atoms with Crippen LogP contribution in [-0.4, -0.2) is 33.0 Å². The zero-order chi connectivity index (χ0) is 12.6. The van der Waals surface area contributed by atoms with Crippen molar-refractivity contribution in [2.24, 2.45) is 0 Å². The zero-order valence-corrected chi connectivity index (χ0v) is 12.0. The molecule has 1 aromatic rings. The third-order valence-electron chi connectivity index (χ3n) is 3.02. The van der Waals surface area contributed by atoms with E-state index in [4.69, 9.17) is 5.73 Å². The average Bonchev–Trinajstić information content (AvgIpc) is 2.24. The van der Waals surface area contributed by atoms with Crippen molar-refractivity contribution in [3.05, 3.63) is 22.2 Å². The first-order chi connectivity index (χ1) is 7.89. The summed E-state index contributed by atoms with van der Waals surface area (Å²) < 4.78 is 23.7. The molecular weight excluding hydrogens is 304 g/mol. The molecule has 0 unspecified atom stereocenters. The van der Waals surface area contributed by atoms with Crippen LogP contribution in [0.25, 0.3) is 0 Å². The number of aryl methyl sites for hydroxylation is 1. The van der Waals surface area contributed by atoms with Crippen molar-refractivity contribution in [1.29, 1.82) is 0 Å². The Morgan fingerprint density at radius 3 is 2.47 bits per heavy atom. The first-order valence-corrected chi connectivity index (χ1v) is 8.01. The second-order valence-electron chi connectivity index (χ2n) is 4.30. The van der Waals surface area contributed by atoms with E-state index in [1.165, 1.54) is 0 Å². The van der Waals surface area contributed by atoms with Crippen molar-refractivity contribution in [1.82, 2.24) is 0 Å². The molecule has 0 spiro atoms. The molecule has 4 nitrogen and oxygen atoms in total. The Hall–Kier alpha value is -0.750. The summed E-state index contributed by atoms with van der Waals surface area (Å²) >= 11 is 3.47. The van der Waals surface area contributed by atoms with Crippen LogP contribution in [0.4, 0.5) is 11.4 Å². The maximum Gasteiger partial charge on any atom is 0.153 e. The van der Waals surface area contributed by atoms with Crippen molar-refractivity contribution < 1.29 is 8.42 Å². The lowest BCUT2D eigenvalue weighted by molar-refractivity contribution is 0.586. The van der Waals surface area contributed by atoms with Gasteiger partial charge >= 0.3 is 0 Å². The Bertz CT molecular complexity index is 529. The molecule has 0 bridgehead atoms. The second kappa shape index (κ2) is 4.49. The van der Waals surface area contributed by atoms with Crippen molar-refractivity contribution in [2.45, 2.75) is 6.92 Å². The first kappa shape index (κ1) is 12.7. The van der Waals surface area contributed by atoms with Crippen LogP contribution >= 0.6 is 15.9 Å². The van der Waals surface area contributed by atoms with Gasteiger partial charge in [-0.3, -0.25) is 0 Å². The van der Waals surface area contributed by atoms with E-state index in [9.17, 15) is 8.42 Å². The molecular formula is C11H15BrN2O2S. The summed E-state index contributed by atoms with van der Waals surface area (Å²) in [5, 5.41) is 0. The van der Waals surface area contributed by atoms with Crippen LogP contribution in [0, 0.1) is 6.92 Å². The standard InChI is InChI=1S/C11H15BrN2O2S/c1-8-6-11(9(12)7-10(8)13)14-2-4-17(15,16)5-3-14/h6-7H,2-5,13H2,1H3. The third kappa shape index (κ3) is 2.74. The van der Waals surface area contributed by atoms with Gasteiger partial charge in [0.1, 0.15) is 0 Å². The van der Waals surface area contributed by atoms with Gasteiger partial charge in [0, 0.05) is 23.2 Å². The number of benzene rings is 1. The maximum atomic E-state index is 11.4. The van der Waals surface area contributed by atoms with E-state index in [1.54, 1.807) is 0 Å². The van der Waals surface area contributed by atoms with Crippen molar-refractivity contribution >= 4 is 37.1 Å². The number of hydrogen-bond acceptors (Lipinski definition) is 4. The predicted octanol–water partition coefficient (Wildman–Crippen LogP) is 1.57. The van der Waals surface area contributed by atoms with Crippen LogP contribution in [0.5, 0.6) is 0 Å². The summed E-state index contributed by atoms with van der Waals surface area (Å²) in [5.41, 5.74) is 8.59. The van der Waals surface area contributed by atoms with Gasteiger partial charge in [-0.25, -0.2) is 8.42 Å². The molecule has 1 saturated heterocycles. The molecule has 0 amide bonds. The Labute approximate surface area is 110 Å². The number of nitrogens with two attached hydrogens (primary N) is 1. The summed E-state index contributed by atoms with van der Waals surface area (Å²) in [6.45, 7) is 3.04. The molecule has 1 aliphatic heterocycles. The van der Waals surface area contributed by atoms with Crippen molar-refractivity contribution in [3.63, 3.8) is 0 Å². The minimum absolute atomic E-state index is 0.225. The fourth-order valence-corrected chi connectivity index (χ4v) is 3.69. The number of sulfone groups is 1. The molecule has 0 saturated carbocycles. The van der Waals surface area contributed by atoms with Crippen LogP contribution in [0.1, 0.15) is 5.56 Å². The number of nitrogens with zero attached hydrogens (tertiary/aromatic N) is 1. The molecule has 2 rings (SSSR count). The van der Waals surface area contributed by atoms with Gasteiger partial charge < -0.3 is 10.6 Å². The van der Waals surface area contributed by atoms with E-state index in [1.807, 2.05) is 19.1 Å². The maximum absolute atomic E-state index is 11.4. The Morgan fingerprint density at radius 2 is 1.88 bits per heavy atom. The van der Waals surface area contributed by atoms with E-state index < -0.39 is 9.84 Å². The van der Waals surface area contributed by atoms with Gasteiger partial charge in [-0.1, -0.05) is 0 Å². The summed E-state index contributed by atoms with van der Waals surface area (Å²) in [6.07, 6.45) is 0. The lowest BCUT2D eigenvalue weighted by atomic mass is 10.1. The van der Waals surface area contributed by atoms with Gasteiger partial charge in [0.2, 0.25) is 0 Å². The number of nitrogen functional groups attached to an aromatic ring is 1. The Kier molecular flexibility index (Phi) is 3.36. The third-order valence-corrected chi connectivity index (χ3v) is 5.26. The molecule has 2 N–H and O–H groups in total. The van der Waals surface area contributed by atoms with Crippen molar-refractivity contribution in [2.75, 3.05) is 35.2 Å². The smallest absolute Gasteiger partial charge is 0.153 e. The Morgan fingerprint density at radius 1 is 1.29 bits per heavy atom. The van der Waals surface area contributed by atoms with Gasteiger partial charge in [0.15, 0.2) is 9.84 Å². The lowest BCUT2D eigenvalue weighted by Crippen LogP contribution is -2.40. The van der Waals surface area contributed by atoms with Crippen molar-refractivity contribution in [3.8, 4) is 0 Å². The fraction of sp³-hybridized carbons (Fsp3) is 0.455. The number of rotatable bonds is 1. The van der Waals surface area contributed by atoms with E-state index in [0.717, 1.165) is 21.4 Å². The highest BCUT2D eigenvalue weighted by Crippen LogP contribution is 2.31. The van der Waals surface area contributed by atoms with Gasteiger partial charge in [0.05, 0.1) is 17.2 Å². The topological polar surface area (TPSA) is 63.4 Å². The average molecular weight is 319 g/mol. The van der Waals surface area contributed by atoms with Gasteiger partial charge in [-0.05, 0) is 40.5 Å². The number of anilines is 2. The molecule has 1 heterocycles. The molecule has 17 heavy (non-hydrogen) atoms. The Balaban J connectivity index is 2.27. The highest BCUT2D eigenvalue weighted by atomic mass is 79.9. The molecule has 0 radical (unpaired) electrons. The molecule has 1 aliphatic rings. The van der Waals surface area contributed by atoms with Crippen LogP contribution in [0.3, 0.4) is 0 Å². The number of hydrogen-bond donors (Lipinski definition) is 1. The highest BCUT2D eigenvalue weighted by Gasteiger charge is 2.23. The largest absolute Gasteiger partial charge is 0.398 e. The molecule has 0 aliphatic carbocycles. The van der Waals surface area contributed by atoms with E-state index in [0.29, 0.717) is 13.1 Å². The highest BCUT2D eigenvalue weighted by molar-refractivity contribution is 9.10. The summed E-state index contributed by atoms with van der Waals surface area (Å²) in [5.74, 6) is 0.450. The minimum atomic E-state index is -2.84. The molecule has 0 aromatic heterocycles. The molecule has 1 aromatic carbocycles. The van der Waals surface area contributed by atoms with E-state index in [2.05, 4.69) is 20.8 Å². The quantitative estimate of drug-likeness (QED) is 0.798. The summed E-state index contributed by atoms with van der Waals surface area (Å²) in [4.78, 5) is 2.08. The lowest BCUT2D eigenvalue weighted by Gasteiger charge is -2.30. The minimum Gasteiger partial charge on any atom is -0.398 e. The normalized spacial score (nSPS) is 19.3. The van der Waals surface area contributed by atoms with Crippen LogP contribution < -0.4 is 10.6 Å². The van der Waals surface area contributed by atoms with Gasteiger partial charge in [0.25, 0.3) is 0 Å². The molecule has 0 atom stereocenters.